The molecule has 20 heavy (non-hydrogen) atoms. The third-order valence-electron chi connectivity index (χ3n) is 2.96. The van der Waals surface area contributed by atoms with E-state index in [1.54, 1.807) is 0 Å². The molecule has 0 aliphatic carbocycles. The van der Waals surface area contributed by atoms with Crippen LogP contribution in [0.1, 0.15) is 64.7 Å². The molecule has 0 amide bonds. The summed E-state index contributed by atoms with van der Waals surface area (Å²) >= 11 is -1.82. The first kappa shape index (κ1) is 19.8. The molecule has 0 aliphatic rings. The summed E-state index contributed by atoms with van der Waals surface area (Å²) in [5, 5.41) is 0. The Morgan fingerprint density at radius 2 is 1.40 bits per heavy atom. The second kappa shape index (κ2) is 12.6. The Balaban J connectivity index is 3.17. The van der Waals surface area contributed by atoms with Gasteiger partial charge >= 0.3 is 113 Å². The van der Waals surface area contributed by atoms with Crippen LogP contribution in [0.3, 0.4) is 0 Å². The average Bonchev–Trinajstić information content (AvgIpc) is 2.33. The van der Waals surface area contributed by atoms with Gasteiger partial charge in [-0.15, -0.1) is 0 Å². The van der Waals surface area contributed by atoms with E-state index in [9.17, 15) is 4.79 Å². The topological polar surface area (TPSA) is 26.3 Å². The van der Waals surface area contributed by atoms with Gasteiger partial charge in [-0.25, -0.2) is 0 Å². The molecule has 0 aromatic heterocycles. The van der Waals surface area contributed by atoms with Crippen LogP contribution in [0.2, 0.25) is 14.8 Å². The first-order valence-corrected chi connectivity index (χ1v) is 18.0. The van der Waals surface area contributed by atoms with Crippen molar-refractivity contribution in [1.29, 1.82) is 0 Å². The first-order valence-electron chi connectivity index (χ1n) is 8.05. The molecule has 0 saturated carbocycles. The summed E-state index contributed by atoms with van der Waals surface area (Å²) in [6.07, 6.45) is 11.1. The molecule has 116 valence electrons. The molecule has 2 nitrogen and oxygen atoms in total. The summed E-state index contributed by atoms with van der Waals surface area (Å²) in [4.78, 5) is 17.6. The number of hydrogen-bond acceptors (Lipinski definition) is 2. The fourth-order valence-electron chi connectivity index (χ4n) is 1.92. The van der Waals surface area contributed by atoms with Gasteiger partial charge in [-0.1, -0.05) is 0 Å². The van der Waals surface area contributed by atoms with Crippen molar-refractivity contribution in [1.82, 2.24) is 0 Å². The fraction of sp³-hybridized carbons (Fsp3) is 0.824. The van der Waals surface area contributed by atoms with Crippen LogP contribution in [-0.2, 0) is 9.53 Å². The summed E-state index contributed by atoms with van der Waals surface area (Å²) in [5.74, 6) is 3.20. The van der Waals surface area contributed by atoms with Crippen LogP contribution in [0, 0.1) is 9.86 Å². The first-order chi connectivity index (χ1) is 9.42. The van der Waals surface area contributed by atoms with E-state index in [0.29, 0.717) is 6.61 Å². The Bertz CT molecular complexity index is 307. The van der Waals surface area contributed by atoms with Gasteiger partial charge in [-0.3, -0.25) is 4.79 Å². The third kappa shape index (κ3) is 17.8. The van der Waals surface area contributed by atoms with Crippen molar-refractivity contribution in [2.24, 2.45) is 0 Å². The van der Waals surface area contributed by atoms with E-state index >= 15 is 0 Å². The van der Waals surface area contributed by atoms with Gasteiger partial charge in [-0.2, -0.15) is 0 Å². The maximum absolute atomic E-state index is 10.6. The minimum atomic E-state index is -1.82. The average molecular weight is 387 g/mol. The molecule has 0 atom stereocenters. The molecule has 0 radical (unpaired) electrons. The van der Waals surface area contributed by atoms with Gasteiger partial charge in [-0.05, 0) is 0 Å². The second-order valence-electron chi connectivity index (χ2n) is 6.47. The van der Waals surface area contributed by atoms with Crippen molar-refractivity contribution in [3.05, 3.63) is 0 Å². The number of rotatable bonds is 10. The van der Waals surface area contributed by atoms with Crippen molar-refractivity contribution >= 4 is 24.3 Å². The van der Waals surface area contributed by atoms with Crippen molar-refractivity contribution in [2.75, 3.05) is 6.61 Å². The van der Waals surface area contributed by atoms with Crippen molar-refractivity contribution < 1.29 is 9.53 Å². The molecule has 0 heterocycles. The molecule has 0 bridgehead atoms. The zero-order valence-corrected chi connectivity index (χ0v) is 16.7. The Kier molecular flexibility index (Phi) is 12.5. The van der Waals surface area contributed by atoms with E-state index in [2.05, 4.69) is 24.7 Å². The van der Waals surface area contributed by atoms with Gasteiger partial charge in [0.15, 0.2) is 0 Å². The van der Waals surface area contributed by atoms with Gasteiger partial charge in [0.1, 0.15) is 0 Å². The second-order valence-corrected chi connectivity index (χ2v) is 20.0. The molecule has 3 heteroatoms. The molecule has 0 aromatic carbocycles. The molecule has 0 unspecified atom stereocenters. The molecule has 0 spiro atoms. The van der Waals surface area contributed by atoms with Crippen LogP contribution < -0.4 is 0 Å². The van der Waals surface area contributed by atoms with E-state index < -0.39 is 18.4 Å². The van der Waals surface area contributed by atoms with Gasteiger partial charge in [0.25, 0.3) is 0 Å². The maximum atomic E-state index is 10.6. The van der Waals surface area contributed by atoms with Gasteiger partial charge in [0.05, 0.1) is 0 Å². The molecule has 0 saturated heterocycles. The number of ether oxygens (including phenoxy) is 1. The summed E-state index contributed by atoms with van der Waals surface area (Å²) in [6.45, 7) is 2.06. The van der Waals surface area contributed by atoms with E-state index in [4.69, 9.17) is 4.74 Å². The Hall–Kier alpha value is -0.171. The van der Waals surface area contributed by atoms with Crippen LogP contribution in [0.5, 0.6) is 0 Å². The van der Waals surface area contributed by atoms with Crippen LogP contribution >= 0.6 is 0 Å². The SMILES string of the molecule is CC(=O)OCCCCCCCCCCC#[C][Sn]([CH3])([CH3])[CH3]. The predicted molar refractivity (Wildman–Crippen MR) is 89.3 cm³/mol. The van der Waals surface area contributed by atoms with Crippen LogP contribution in [0.25, 0.3) is 0 Å². The molecule has 0 fully saturated rings. The number of esters is 1. The Morgan fingerprint density at radius 1 is 0.900 bits per heavy atom. The quantitative estimate of drug-likeness (QED) is 0.230. The van der Waals surface area contributed by atoms with Crippen LogP contribution in [0.4, 0.5) is 0 Å². The van der Waals surface area contributed by atoms with E-state index in [-0.39, 0.29) is 5.97 Å². The number of unbranched alkanes of at least 4 members (excludes halogenated alkanes) is 8. The number of hydrogen-bond donors (Lipinski definition) is 0. The third-order valence-corrected chi connectivity index (χ3v) is 5.61. The number of carbonyl (C=O) groups is 1. The van der Waals surface area contributed by atoms with Gasteiger partial charge in [0, 0.05) is 6.92 Å². The fourth-order valence-corrected chi connectivity index (χ4v) is 3.79. The summed E-state index contributed by atoms with van der Waals surface area (Å²) in [7, 11) is 0. The molecule has 0 rings (SSSR count). The van der Waals surface area contributed by atoms with Gasteiger partial charge < -0.3 is 4.74 Å². The van der Waals surface area contributed by atoms with E-state index in [1.165, 1.54) is 51.9 Å². The standard InChI is InChI=1S/C14H23O2.3CH3.Sn/c1-3-4-5-6-7-8-9-10-11-12-13-16-14(2)15;;;;/h4-13H2,2H3;3*1H3;. The molecule has 0 N–H and O–H groups in total. The Morgan fingerprint density at radius 3 is 1.90 bits per heavy atom. The molecular weight excluding hydrogens is 355 g/mol. The van der Waals surface area contributed by atoms with E-state index in [0.717, 1.165) is 12.8 Å². The number of carbonyl (C=O) groups excluding carboxylic acids is 1. The van der Waals surface area contributed by atoms with Gasteiger partial charge in [0.2, 0.25) is 0 Å². The monoisotopic (exact) mass is 388 g/mol. The minimum absolute atomic E-state index is 0.163. The summed E-state index contributed by atoms with van der Waals surface area (Å²) in [5.41, 5.74) is 0. The normalized spacial score (nSPS) is 10.8. The van der Waals surface area contributed by atoms with E-state index in [1.807, 2.05) is 0 Å². The Labute approximate surface area is 129 Å². The van der Waals surface area contributed by atoms with Crippen molar-refractivity contribution in [2.45, 2.75) is 79.5 Å². The van der Waals surface area contributed by atoms with Crippen LogP contribution in [-0.4, -0.2) is 31.0 Å². The molecular formula is C17H32O2Sn. The van der Waals surface area contributed by atoms with Crippen molar-refractivity contribution in [3.63, 3.8) is 0 Å². The van der Waals surface area contributed by atoms with Crippen LogP contribution in [0.15, 0.2) is 0 Å². The summed E-state index contributed by atoms with van der Waals surface area (Å²) < 4.78 is 8.39. The predicted octanol–water partition coefficient (Wildman–Crippen LogP) is 4.94. The zero-order valence-electron chi connectivity index (χ0n) is 13.9. The van der Waals surface area contributed by atoms with Crippen molar-refractivity contribution in [3.8, 4) is 9.86 Å². The summed E-state index contributed by atoms with van der Waals surface area (Å²) in [6, 6.07) is 0. The zero-order chi connectivity index (χ0) is 15.3. The molecule has 0 aliphatic heterocycles. The molecule has 0 aromatic rings.